The predicted octanol–water partition coefficient (Wildman–Crippen LogP) is -10.5. The summed E-state index contributed by atoms with van der Waals surface area (Å²) in [5.74, 6) is -12.5. The van der Waals surface area contributed by atoms with Gasteiger partial charge >= 0.3 is 5.97 Å². The van der Waals surface area contributed by atoms with Crippen LogP contribution in [0.4, 0.5) is 0 Å². The monoisotopic (exact) mass is 1640 g/mol. The summed E-state index contributed by atoms with van der Waals surface area (Å²) >= 11 is 1.39. The second-order valence-corrected chi connectivity index (χ2v) is 32.4. The van der Waals surface area contributed by atoms with E-state index in [9.17, 15) is 112 Å². The highest BCUT2D eigenvalue weighted by atomic mass is 32.2. The summed E-state index contributed by atoms with van der Waals surface area (Å²) in [4.78, 5) is 258. The van der Waals surface area contributed by atoms with Gasteiger partial charge in [0.05, 0.1) is 69.3 Å². The van der Waals surface area contributed by atoms with Gasteiger partial charge < -0.3 is 122 Å². The highest BCUT2D eigenvalue weighted by Gasteiger charge is 2.52. The maximum atomic E-state index is 14.4. The van der Waals surface area contributed by atoms with E-state index in [0.29, 0.717) is 50.8 Å². The van der Waals surface area contributed by atoms with Gasteiger partial charge in [-0.2, -0.15) is 11.8 Å². The van der Waals surface area contributed by atoms with Crippen molar-refractivity contribution in [1.29, 1.82) is 0 Å². The molecule has 17 atom stereocenters. The Morgan fingerprint density at radius 2 is 0.617 bits per heavy atom. The van der Waals surface area contributed by atoms with E-state index in [1.54, 1.807) is 6.26 Å². The molecular formula is C72H106N18O24S. The van der Waals surface area contributed by atoms with Crippen molar-refractivity contribution in [3.05, 3.63) is 0 Å². The van der Waals surface area contributed by atoms with Crippen LogP contribution in [0.15, 0.2) is 0 Å². The van der Waals surface area contributed by atoms with Crippen molar-refractivity contribution in [2.45, 2.75) is 219 Å². The molecule has 0 aliphatic carbocycles. The molecule has 0 radical (unpaired) electrons. The van der Waals surface area contributed by atoms with Gasteiger partial charge in [-0.25, -0.2) is 0 Å². The number of aliphatic hydroxyl groups excluding tert-OH is 5. The molecule has 115 heavy (non-hydrogen) atoms. The standard InChI is InChI=1S/C72H106N18O24S/c1-115-21-14-43(80-67(109)45-9-3-16-81(45)55(96)28-75-62(104)50-22-38(91)33-86(50)68(110)44-8-2-15-73-44)61(103)74-27-56(97)82-17-4-10-46(82)69(111)87-34-39(92)23-51(87)63(105)76-29-57(98)83-18-5-11-47(83)70(112)88-35-40(93)24-52(88)64(106)77-30-58(99)84-19-6-12-48(84)71(113)89-36-41(94)25-53(89)65(107)78-31-59(100)85-20-7-13-49(85)72(114)90-37-42(95)26-54(90)66(108)79-32-60(101)102/h38-54,73,91-95H,2-37H2,1H3,(H,74,103)(H,75,104)(H,76,105)(H,77,106)(H,78,107)(H,79,108)(H,80,109)(H,101,102)/t38-,39-,40-,41-,42-,43+,44+,45+,46+,47+,48+,49+,50+,51+,52+,53+,54+/m1/s1. The van der Waals surface area contributed by atoms with Gasteiger partial charge in [0.15, 0.2) is 0 Å². The fourth-order valence-electron chi connectivity index (χ4n) is 18.0. The summed E-state index contributed by atoms with van der Waals surface area (Å²) in [6.07, 6.45) is -0.382. The second kappa shape index (κ2) is 38.6. The quantitative estimate of drug-likeness (QED) is 0.0346. The maximum Gasteiger partial charge on any atom is 0.322 e. The molecule has 0 spiro atoms. The van der Waals surface area contributed by atoms with E-state index >= 15 is 0 Å². The van der Waals surface area contributed by atoms with Crippen molar-refractivity contribution < 1.29 is 117 Å². The topological polar surface area (TPSA) is 557 Å². The van der Waals surface area contributed by atoms with Gasteiger partial charge in [0.1, 0.15) is 73.0 Å². The Kier molecular flexibility index (Phi) is 29.0. The summed E-state index contributed by atoms with van der Waals surface area (Å²) in [7, 11) is 0. The van der Waals surface area contributed by atoms with Gasteiger partial charge in [-0.05, 0) is 102 Å². The average molecular weight is 1640 g/mol. The molecule has 0 aromatic carbocycles. The first-order valence-corrected chi connectivity index (χ1v) is 41.1. The van der Waals surface area contributed by atoms with Crippen LogP contribution in [0.25, 0.3) is 0 Å². The molecule has 11 fully saturated rings. The Morgan fingerprint density at radius 3 is 0.904 bits per heavy atom. The summed E-state index contributed by atoms with van der Waals surface area (Å²) in [5, 5.41) is 83.0. The molecule has 43 heteroatoms. The molecule has 634 valence electrons. The van der Waals surface area contributed by atoms with E-state index in [-0.39, 0.29) is 142 Å². The van der Waals surface area contributed by atoms with E-state index in [2.05, 4.69) is 42.5 Å². The highest BCUT2D eigenvalue weighted by Crippen LogP contribution is 2.32. The average Bonchev–Trinajstić information content (AvgIpc) is 1.67. The van der Waals surface area contributed by atoms with Crippen molar-refractivity contribution in [3.63, 3.8) is 0 Å². The van der Waals surface area contributed by atoms with Crippen LogP contribution in [0.2, 0.25) is 0 Å². The number of nitrogens with one attached hydrogen (secondary N) is 8. The van der Waals surface area contributed by atoms with Crippen molar-refractivity contribution in [1.82, 2.24) is 91.5 Å². The number of nitrogens with zero attached hydrogens (tertiary/aromatic N) is 10. The Hall–Kier alpha value is -9.43. The number of rotatable bonds is 28. The molecule has 14 N–H and O–H groups in total. The van der Waals surface area contributed by atoms with Crippen molar-refractivity contribution in [2.24, 2.45) is 0 Å². The molecule has 0 saturated carbocycles. The third-order valence-electron chi connectivity index (χ3n) is 23.7. The lowest BCUT2D eigenvalue weighted by atomic mass is 10.1. The molecule has 11 aliphatic rings. The van der Waals surface area contributed by atoms with Gasteiger partial charge in [-0.15, -0.1) is 0 Å². The molecule has 0 unspecified atom stereocenters. The molecule has 42 nitrogen and oxygen atoms in total. The number of carboxylic acid groups (broad SMARTS) is 1. The Bertz CT molecular complexity index is 3760. The summed E-state index contributed by atoms with van der Waals surface area (Å²) < 4.78 is 0. The number of β-amino-alcohol motifs (C(OH)–C–C–N with tert-alkyl or cyclic N) is 5. The van der Waals surface area contributed by atoms with Gasteiger partial charge in [-0.1, -0.05) is 0 Å². The minimum absolute atomic E-state index is 0.00495. The number of carboxylic acids is 1. The number of hydrogen-bond donors (Lipinski definition) is 14. The number of hydrogen-bond acceptors (Lipinski definition) is 25. The Labute approximate surface area is 665 Å². The largest absolute Gasteiger partial charge is 0.480 e. The van der Waals surface area contributed by atoms with E-state index in [1.807, 2.05) is 0 Å². The Balaban J connectivity index is 0.617. The Morgan fingerprint density at radius 1 is 0.339 bits per heavy atom. The first kappa shape index (κ1) is 86.4. The summed E-state index contributed by atoms with van der Waals surface area (Å²) in [5.41, 5.74) is 0. The van der Waals surface area contributed by atoms with Gasteiger partial charge in [-0.3, -0.25) is 86.3 Å². The second-order valence-electron chi connectivity index (χ2n) is 31.4. The van der Waals surface area contributed by atoms with E-state index in [1.165, 1.54) is 41.2 Å². The van der Waals surface area contributed by atoms with E-state index in [0.717, 1.165) is 26.0 Å². The number of thioether (sulfide) groups is 1. The normalized spacial score (nSPS) is 29.4. The molecule has 0 bridgehead atoms. The SMILES string of the molecule is CSCC[C@H](NC(=O)[C@@H]1CCCN1C(=O)CNC(=O)[C@@H]1C[C@@H](O)CN1C(=O)[C@@H]1CCCN1)C(=O)NCC(=O)N1CCC[C@H]1C(=O)N1C[C@H](O)C[C@H]1C(=O)NCC(=O)N1CCC[C@H]1C(=O)N1C[C@H](O)C[C@H]1C(=O)NCC(=O)N1CCC[C@H]1C(=O)N1C[C@H](O)C[C@H]1C(=O)NCC(=O)N1CCC[C@H]1C(=O)N1C[C@H](O)C[C@H]1C(=O)NCC(=O)O. The first-order valence-electron chi connectivity index (χ1n) is 39.7. The highest BCUT2D eigenvalue weighted by molar-refractivity contribution is 7.98. The lowest BCUT2D eigenvalue weighted by Gasteiger charge is -2.32. The smallest absolute Gasteiger partial charge is 0.322 e. The number of carbonyl (C=O) groups excluding carboxylic acids is 17. The van der Waals surface area contributed by atoms with Crippen LogP contribution in [0.3, 0.4) is 0 Å². The van der Waals surface area contributed by atoms with Gasteiger partial charge in [0.2, 0.25) is 100 Å². The third kappa shape index (κ3) is 20.2. The van der Waals surface area contributed by atoms with Gasteiger partial charge in [0.25, 0.3) is 0 Å². The fourth-order valence-corrected chi connectivity index (χ4v) is 18.5. The van der Waals surface area contributed by atoms with Gasteiger partial charge in [0, 0.05) is 97.6 Å². The molecule has 11 heterocycles. The molecule has 11 aliphatic heterocycles. The zero-order valence-electron chi connectivity index (χ0n) is 64.2. The van der Waals surface area contributed by atoms with Crippen LogP contribution in [0.5, 0.6) is 0 Å². The van der Waals surface area contributed by atoms with E-state index in [4.69, 9.17) is 5.11 Å². The van der Waals surface area contributed by atoms with E-state index < -0.39 is 243 Å². The molecule has 11 saturated heterocycles. The van der Waals surface area contributed by atoms with Crippen molar-refractivity contribution >= 4 is 118 Å². The van der Waals surface area contributed by atoms with Crippen molar-refractivity contribution in [2.75, 3.05) is 123 Å². The molecule has 11 rings (SSSR count). The predicted molar refractivity (Wildman–Crippen MR) is 396 cm³/mol. The van der Waals surface area contributed by atoms with Crippen LogP contribution >= 0.6 is 11.8 Å². The molecule has 0 aromatic rings. The van der Waals surface area contributed by atoms with Crippen molar-refractivity contribution in [3.8, 4) is 0 Å². The molecule has 0 aromatic heterocycles. The van der Waals surface area contributed by atoms with Crippen LogP contribution < -0.4 is 42.5 Å². The minimum atomic E-state index is -1.32. The lowest BCUT2D eigenvalue weighted by Crippen LogP contribution is -2.57. The van der Waals surface area contributed by atoms with Crippen LogP contribution in [-0.4, -0.2) is 412 Å². The number of likely N-dealkylation sites (tertiary alicyclic amines) is 10. The van der Waals surface area contributed by atoms with Crippen LogP contribution in [0.1, 0.15) is 116 Å². The number of amides is 17. The fraction of sp³-hybridized carbons (Fsp3) is 0.750. The zero-order chi connectivity index (χ0) is 82.8. The number of carbonyl (C=O) groups is 18. The third-order valence-corrected chi connectivity index (χ3v) is 24.4. The summed E-state index contributed by atoms with van der Waals surface area (Å²) in [6, 6.07) is -13.2. The summed E-state index contributed by atoms with van der Waals surface area (Å²) in [6.45, 7) is -3.79. The number of aliphatic carboxylic acids is 1. The molecular weight excluding hydrogens is 1530 g/mol. The van der Waals surface area contributed by atoms with Crippen LogP contribution in [0, 0.1) is 0 Å². The minimum Gasteiger partial charge on any atom is -0.480 e. The zero-order valence-corrected chi connectivity index (χ0v) is 65.0. The maximum absolute atomic E-state index is 14.4. The van der Waals surface area contributed by atoms with Crippen LogP contribution in [-0.2, 0) is 86.3 Å². The number of aliphatic hydroxyl groups is 5. The molecule has 17 amide bonds. The lowest BCUT2D eigenvalue weighted by molar-refractivity contribution is -0.148. The first-order chi connectivity index (χ1) is 54.9.